The number of allylic oxidation sites excluding steroid dienone is 1. The molecule has 3 N–H and O–H groups in total. The zero-order valence-electron chi connectivity index (χ0n) is 12.4. The normalized spacial score (nSPS) is 21.1. The number of thiophene rings is 1. The van der Waals surface area contributed by atoms with E-state index in [2.05, 4.69) is 11.1 Å². The monoisotopic (exact) mass is 324 g/mol. The molecule has 0 radical (unpaired) electrons. The smallest absolute Gasteiger partial charge is 0.248 e. The van der Waals surface area contributed by atoms with Crippen molar-refractivity contribution in [2.75, 3.05) is 0 Å². The Hall–Kier alpha value is -2.24. The number of pyridine rings is 1. The van der Waals surface area contributed by atoms with Crippen molar-refractivity contribution in [1.29, 1.82) is 0 Å². The van der Waals surface area contributed by atoms with Crippen LogP contribution in [0.5, 0.6) is 0 Å². The molecule has 0 spiro atoms. The van der Waals surface area contributed by atoms with E-state index in [1.165, 1.54) is 0 Å². The quantitative estimate of drug-likeness (QED) is 0.710. The van der Waals surface area contributed by atoms with Gasteiger partial charge in [-0.15, -0.1) is 11.3 Å². The molecule has 0 saturated carbocycles. The number of amides is 1. The standard InChI is InChI=1S/C18H16N2O2S/c19-17(22)11-8-14(10-3-5-12(21)6-4-10)16-13-2-1-7-20-18(13)23-15(16)9-11/h1-3,5,7-10,12,21H,4,6H2,(H2,19,22). The minimum absolute atomic E-state index is 0.179. The number of benzene rings is 1. The average molecular weight is 324 g/mol. The molecule has 23 heavy (non-hydrogen) atoms. The van der Waals surface area contributed by atoms with Crippen molar-refractivity contribution in [1.82, 2.24) is 4.98 Å². The third-order valence-electron chi connectivity index (χ3n) is 4.40. The highest BCUT2D eigenvalue weighted by molar-refractivity contribution is 7.25. The second-order valence-corrected chi connectivity index (χ2v) is 6.93. The van der Waals surface area contributed by atoms with Crippen LogP contribution in [0.4, 0.5) is 0 Å². The van der Waals surface area contributed by atoms with Crippen LogP contribution >= 0.6 is 11.3 Å². The minimum Gasteiger partial charge on any atom is -0.389 e. The summed E-state index contributed by atoms with van der Waals surface area (Å²) in [6.45, 7) is 0. The molecule has 4 rings (SSSR count). The Morgan fingerprint density at radius 1 is 1.30 bits per heavy atom. The summed E-state index contributed by atoms with van der Waals surface area (Å²) in [5.74, 6) is -0.239. The Labute approximate surface area is 137 Å². The number of fused-ring (bicyclic) bond motifs is 3. The van der Waals surface area contributed by atoms with E-state index < -0.39 is 5.91 Å². The summed E-state index contributed by atoms with van der Waals surface area (Å²) in [5, 5.41) is 11.9. The third kappa shape index (κ3) is 2.42. The molecule has 2 unspecified atom stereocenters. The van der Waals surface area contributed by atoms with Crippen molar-refractivity contribution >= 4 is 37.5 Å². The lowest BCUT2D eigenvalue weighted by molar-refractivity contribution is 0.100. The number of hydrogen-bond donors (Lipinski definition) is 2. The van der Waals surface area contributed by atoms with E-state index in [1.807, 2.05) is 30.4 Å². The van der Waals surface area contributed by atoms with Crippen LogP contribution in [0.2, 0.25) is 0 Å². The molecular formula is C18H16N2O2S. The van der Waals surface area contributed by atoms with Gasteiger partial charge in [-0.25, -0.2) is 4.98 Å². The van der Waals surface area contributed by atoms with Crippen LogP contribution in [-0.4, -0.2) is 22.1 Å². The summed E-state index contributed by atoms with van der Waals surface area (Å²) in [4.78, 5) is 17.1. The molecule has 1 amide bonds. The summed E-state index contributed by atoms with van der Waals surface area (Å²) in [6, 6.07) is 7.75. The van der Waals surface area contributed by atoms with Crippen molar-refractivity contribution in [3.63, 3.8) is 0 Å². The van der Waals surface area contributed by atoms with Gasteiger partial charge < -0.3 is 10.8 Å². The molecule has 3 aromatic rings. The highest BCUT2D eigenvalue weighted by atomic mass is 32.1. The SMILES string of the molecule is NC(=O)c1cc(C2C=CC(O)CC2)c2c(c1)sc1ncccc12. The van der Waals surface area contributed by atoms with E-state index in [1.54, 1.807) is 17.5 Å². The maximum absolute atomic E-state index is 11.7. The van der Waals surface area contributed by atoms with Gasteiger partial charge in [0.1, 0.15) is 4.83 Å². The van der Waals surface area contributed by atoms with Crippen LogP contribution in [-0.2, 0) is 0 Å². The summed E-state index contributed by atoms with van der Waals surface area (Å²) >= 11 is 1.58. The summed E-state index contributed by atoms with van der Waals surface area (Å²) < 4.78 is 1.03. The van der Waals surface area contributed by atoms with E-state index in [4.69, 9.17) is 5.73 Å². The van der Waals surface area contributed by atoms with Crippen molar-refractivity contribution in [3.8, 4) is 0 Å². The average Bonchev–Trinajstić information content (AvgIpc) is 2.93. The first-order valence-electron chi connectivity index (χ1n) is 7.61. The lowest BCUT2D eigenvalue weighted by Crippen LogP contribution is -2.14. The van der Waals surface area contributed by atoms with Crippen molar-refractivity contribution < 1.29 is 9.90 Å². The Balaban J connectivity index is 2.02. The molecule has 0 aliphatic heterocycles. The van der Waals surface area contributed by atoms with Crippen LogP contribution in [0.25, 0.3) is 20.3 Å². The maximum atomic E-state index is 11.7. The number of carbonyl (C=O) groups is 1. The van der Waals surface area contributed by atoms with Gasteiger partial charge >= 0.3 is 0 Å². The number of aromatic nitrogens is 1. The number of nitrogens with zero attached hydrogens (tertiary/aromatic N) is 1. The van der Waals surface area contributed by atoms with Gasteiger partial charge in [0, 0.05) is 33.2 Å². The predicted molar refractivity (Wildman–Crippen MR) is 92.8 cm³/mol. The minimum atomic E-state index is -0.418. The Kier molecular flexibility index (Phi) is 3.39. The summed E-state index contributed by atoms with van der Waals surface area (Å²) in [6.07, 6.45) is 6.86. The van der Waals surface area contributed by atoms with Crippen LogP contribution in [0.1, 0.15) is 34.7 Å². The molecule has 1 aromatic carbocycles. The van der Waals surface area contributed by atoms with Gasteiger partial charge in [0.25, 0.3) is 0 Å². The van der Waals surface area contributed by atoms with Crippen LogP contribution < -0.4 is 5.73 Å². The van der Waals surface area contributed by atoms with Gasteiger partial charge in [-0.05, 0) is 42.7 Å². The topological polar surface area (TPSA) is 76.2 Å². The lowest BCUT2D eigenvalue weighted by atomic mass is 9.85. The van der Waals surface area contributed by atoms with Gasteiger partial charge in [0.15, 0.2) is 0 Å². The van der Waals surface area contributed by atoms with Gasteiger partial charge in [0.2, 0.25) is 5.91 Å². The zero-order valence-corrected chi connectivity index (χ0v) is 13.2. The van der Waals surface area contributed by atoms with E-state index in [0.29, 0.717) is 5.56 Å². The Morgan fingerprint density at radius 3 is 2.91 bits per heavy atom. The molecule has 2 heterocycles. The fourth-order valence-electron chi connectivity index (χ4n) is 3.27. The molecule has 2 atom stereocenters. The van der Waals surface area contributed by atoms with Crippen LogP contribution in [0, 0.1) is 0 Å². The number of aliphatic hydroxyl groups is 1. The number of aliphatic hydroxyl groups excluding tert-OH is 1. The van der Waals surface area contributed by atoms with Gasteiger partial charge in [-0.1, -0.05) is 12.2 Å². The fourth-order valence-corrected chi connectivity index (χ4v) is 4.39. The molecule has 1 aliphatic rings. The molecule has 5 heteroatoms. The third-order valence-corrected chi connectivity index (χ3v) is 5.46. The second kappa shape index (κ2) is 5.44. The van der Waals surface area contributed by atoms with Crippen LogP contribution in [0.3, 0.4) is 0 Å². The largest absolute Gasteiger partial charge is 0.389 e. The van der Waals surface area contributed by atoms with E-state index in [-0.39, 0.29) is 12.0 Å². The molecular weight excluding hydrogens is 308 g/mol. The summed E-state index contributed by atoms with van der Waals surface area (Å²) in [7, 11) is 0. The van der Waals surface area contributed by atoms with Crippen molar-refractivity contribution in [2.45, 2.75) is 24.9 Å². The first-order valence-corrected chi connectivity index (χ1v) is 8.42. The van der Waals surface area contributed by atoms with Crippen molar-refractivity contribution in [3.05, 3.63) is 53.7 Å². The molecule has 4 nitrogen and oxygen atoms in total. The zero-order chi connectivity index (χ0) is 16.0. The number of carbonyl (C=O) groups excluding carboxylic acids is 1. The highest BCUT2D eigenvalue weighted by Gasteiger charge is 2.21. The first kappa shape index (κ1) is 14.4. The van der Waals surface area contributed by atoms with E-state index >= 15 is 0 Å². The van der Waals surface area contributed by atoms with Crippen molar-refractivity contribution in [2.24, 2.45) is 5.73 Å². The van der Waals surface area contributed by atoms with E-state index in [0.717, 1.165) is 38.7 Å². The second-order valence-electron chi connectivity index (χ2n) is 5.90. The number of rotatable bonds is 2. The van der Waals surface area contributed by atoms with E-state index in [9.17, 15) is 9.90 Å². The molecule has 0 bridgehead atoms. The first-order chi connectivity index (χ1) is 11.1. The maximum Gasteiger partial charge on any atom is 0.248 e. The van der Waals surface area contributed by atoms with Gasteiger partial charge in [-0.3, -0.25) is 4.79 Å². The molecule has 116 valence electrons. The molecule has 1 aliphatic carbocycles. The predicted octanol–water partition coefficient (Wildman–Crippen LogP) is 3.34. The van der Waals surface area contributed by atoms with Gasteiger partial charge in [-0.2, -0.15) is 0 Å². The Bertz CT molecular complexity index is 945. The number of nitrogens with two attached hydrogens (primary N) is 1. The molecule has 2 aromatic heterocycles. The summed E-state index contributed by atoms with van der Waals surface area (Å²) in [5.41, 5.74) is 7.13. The molecule has 0 fully saturated rings. The molecule has 0 saturated heterocycles. The van der Waals surface area contributed by atoms with Gasteiger partial charge in [0.05, 0.1) is 6.10 Å². The fraction of sp³-hybridized carbons (Fsp3) is 0.222. The number of primary amides is 1. The van der Waals surface area contributed by atoms with Crippen LogP contribution in [0.15, 0.2) is 42.6 Å². The Morgan fingerprint density at radius 2 is 2.17 bits per heavy atom. The lowest BCUT2D eigenvalue weighted by Gasteiger charge is -2.21. The number of hydrogen-bond acceptors (Lipinski definition) is 4. The highest BCUT2D eigenvalue weighted by Crippen LogP contribution is 2.40.